The van der Waals surface area contributed by atoms with Crippen molar-refractivity contribution in [3.63, 3.8) is 0 Å². The fraction of sp³-hybridized carbons (Fsp3) is 0.571. The molecule has 1 amide bonds. The van der Waals surface area contributed by atoms with Crippen molar-refractivity contribution in [1.29, 1.82) is 0 Å². The summed E-state index contributed by atoms with van der Waals surface area (Å²) in [6.07, 6.45) is 5.95. The van der Waals surface area contributed by atoms with E-state index in [0.717, 1.165) is 49.2 Å². The summed E-state index contributed by atoms with van der Waals surface area (Å²) < 4.78 is 5.53. The number of aliphatic hydroxyl groups is 1. The zero-order valence-electron chi connectivity index (χ0n) is 20.9. The van der Waals surface area contributed by atoms with Crippen LogP contribution in [-0.4, -0.2) is 60.8 Å². The Morgan fingerprint density at radius 1 is 1.06 bits per heavy atom. The standard InChI is InChI=1S/C28H37N3O3/c1-20(2)21-5-7-22(8-6-21)28(33,26(3)18-30(4)19-26)23-15-24(17-29-16-23)31-12-9-27(25(31)32)10-13-34-14-11-27/h5-8,15-17,20,33H,9-14,18-19H2,1-4H3/t28-/m0/s1. The van der Waals surface area contributed by atoms with E-state index in [2.05, 4.69) is 62.0 Å². The van der Waals surface area contributed by atoms with Gasteiger partial charge in [-0.05, 0) is 49.4 Å². The van der Waals surface area contributed by atoms with Crippen LogP contribution in [-0.2, 0) is 15.1 Å². The summed E-state index contributed by atoms with van der Waals surface area (Å²) in [6.45, 7) is 10.0. The first-order valence-corrected chi connectivity index (χ1v) is 12.6. The van der Waals surface area contributed by atoms with Gasteiger partial charge in [-0.1, -0.05) is 45.0 Å². The van der Waals surface area contributed by atoms with Gasteiger partial charge < -0.3 is 19.6 Å². The number of pyridine rings is 1. The van der Waals surface area contributed by atoms with E-state index in [0.29, 0.717) is 25.7 Å². The second kappa shape index (κ2) is 8.43. The molecule has 182 valence electrons. The molecule has 1 N–H and O–H groups in total. The number of likely N-dealkylation sites (tertiary alicyclic amines) is 1. The molecule has 1 spiro atoms. The van der Waals surface area contributed by atoms with Crippen molar-refractivity contribution >= 4 is 11.6 Å². The lowest BCUT2D eigenvalue weighted by molar-refractivity contribution is -0.130. The number of hydrogen-bond acceptors (Lipinski definition) is 5. The first kappa shape index (κ1) is 23.5. The zero-order chi connectivity index (χ0) is 24.1. The zero-order valence-corrected chi connectivity index (χ0v) is 20.9. The molecule has 6 heteroatoms. The number of aromatic nitrogens is 1. The van der Waals surface area contributed by atoms with Crippen LogP contribution in [0, 0.1) is 10.8 Å². The van der Waals surface area contributed by atoms with E-state index in [1.54, 1.807) is 12.4 Å². The monoisotopic (exact) mass is 463 g/mol. The second-order valence-electron chi connectivity index (χ2n) is 11.3. The Bertz CT molecular complexity index is 1050. The van der Waals surface area contributed by atoms with Gasteiger partial charge in [0.2, 0.25) is 5.91 Å². The van der Waals surface area contributed by atoms with E-state index >= 15 is 0 Å². The van der Waals surface area contributed by atoms with Crippen molar-refractivity contribution in [2.75, 3.05) is 44.8 Å². The lowest BCUT2D eigenvalue weighted by Crippen LogP contribution is -2.63. The Morgan fingerprint density at radius 3 is 2.35 bits per heavy atom. The topological polar surface area (TPSA) is 65.9 Å². The van der Waals surface area contributed by atoms with E-state index in [1.165, 1.54) is 5.56 Å². The van der Waals surface area contributed by atoms with Gasteiger partial charge in [0, 0.05) is 50.0 Å². The molecule has 0 radical (unpaired) electrons. The quantitative estimate of drug-likeness (QED) is 0.728. The van der Waals surface area contributed by atoms with Crippen LogP contribution in [0.25, 0.3) is 0 Å². The van der Waals surface area contributed by atoms with Gasteiger partial charge >= 0.3 is 0 Å². The van der Waals surface area contributed by atoms with Crippen LogP contribution in [0.1, 0.15) is 62.6 Å². The van der Waals surface area contributed by atoms with E-state index in [4.69, 9.17) is 4.74 Å². The van der Waals surface area contributed by atoms with Crippen molar-refractivity contribution in [1.82, 2.24) is 9.88 Å². The maximum Gasteiger partial charge on any atom is 0.233 e. The van der Waals surface area contributed by atoms with Gasteiger partial charge in [-0.3, -0.25) is 9.78 Å². The predicted octanol–water partition coefficient (Wildman–Crippen LogP) is 3.93. The summed E-state index contributed by atoms with van der Waals surface area (Å²) in [5, 5.41) is 12.5. The number of ether oxygens (including phenoxy) is 1. The van der Waals surface area contributed by atoms with Gasteiger partial charge in [0.05, 0.1) is 17.3 Å². The van der Waals surface area contributed by atoms with Crippen molar-refractivity contribution in [3.05, 3.63) is 59.4 Å². The van der Waals surface area contributed by atoms with Crippen LogP contribution in [0.4, 0.5) is 5.69 Å². The van der Waals surface area contributed by atoms with Crippen molar-refractivity contribution in [2.45, 2.75) is 51.6 Å². The maximum absolute atomic E-state index is 13.5. The highest BCUT2D eigenvalue weighted by atomic mass is 16.5. The third-order valence-electron chi connectivity index (χ3n) is 8.52. The van der Waals surface area contributed by atoms with Crippen LogP contribution in [0.5, 0.6) is 0 Å². The molecular weight excluding hydrogens is 426 g/mol. The van der Waals surface area contributed by atoms with E-state index < -0.39 is 5.60 Å². The molecular formula is C28H37N3O3. The molecule has 1 atom stereocenters. The lowest BCUT2D eigenvalue weighted by atomic mass is 9.62. The fourth-order valence-corrected chi connectivity index (χ4v) is 6.41. The number of hydrogen-bond donors (Lipinski definition) is 1. The van der Waals surface area contributed by atoms with E-state index in [-0.39, 0.29) is 16.7 Å². The van der Waals surface area contributed by atoms with Gasteiger partial charge in [0.25, 0.3) is 0 Å². The van der Waals surface area contributed by atoms with E-state index in [1.807, 2.05) is 11.0 Å². The first-order chi connectivity index (χ1) is 16.2. The summed E-state index contributed by atoms with van der Waals surface area (Å²) in [5.41, 5.74) is 1.77. The highest BCUT2D eigenvalue weighted by Gasteiger charge is 2.55. The highest BCUT2D eigenvalue weighted by molar-refractivity contribution is 5.99. The smallest absolute Gasteiger partial charge is 0.233 e. The third-order valence-corrected chi connectivity index (χ3v) is 8.52. The Balaban J connectivity index is 1.53. The summed E-state index contributed by atoms with van der Waals surface area (Å²) in [6, 6.07) is 10.3. The van der Waals surface area contributed by atoms with Crippen LogP contribution >= 0.6 is 0 Å². The Morgan fingerprint density at radius 2 is 1.74 bits per heavy atom. The maximum atomic E-state index is 13.5. The SMILES string of the molecule is CC(C)c1ccc([C@](O)(c2cncc(N3CCC4(CCOCC4)C3=O)c2)C2(C)CN(C)C2)cc1. The average molecular weight is 464 g/mol. The summed E-state index contributed by atoms with van der Waals surface area (Å²) in [5.74, 6) is 0.602. The number of rotatable bonds is 5. The molecule has 3 aliphatic rings. The molecule has 0 bridgehead atoms. The number of anilines is 1. The lowest BCUT2D eigenvalue weighted by Gasteiger charge is -2.56. The summed E-state index contributed by atoms with van der Waals surface area (Å²) in [4.78, 5) is 22.1. The molecule has 0 unspecified atom stereocenters. The minimum atomic E-state index is -1.21. The van der Waals surface area contributed by atoms with Crippen molar-refractivity contribution < 1.29 is 14.6 Å². The van der Waals surface area contributed by atoms with Crippen LogP contribution in [0.3, 0.4) is 0 Å². The Kier molecular flexibility index (Phi) is 5.82. The summed E-state index contributed by atoms with van der Waals surface area (Å²) in [7, 11) is 2.08. The Labute approximate surface area is 202 Å². The first-order valence-electron chi connectivity index (χ1n) is 12.6. The number of amides is 1. The van der Waals surface area contributed by atoms with Gasteiger partial charge in [-0.25, -0.2) is 0 Å². The fourth-order valence-electron chi connectivity index (χ4n) is 6.41. The Hall–Kier alpha value is -2.28. The molecule has 2 aromatic rings. The molecule has 0 aliphatic carbocycles. The number of carbonyl (C=O) groups excluding carboxylic acids is 1. The highest BCUT2D eigenvalue weighted by Crippen LogP contribution is 2.51. The molecule has 6 nitrogen and oxygen atoms in total. The second-order valence-corrected chi connectivity index (χ2v) is 11.3. The van der Waals surface area contributed by atoms with Gasteiger partial charge in [-0.15, -0.1) is 0 Å². The molecule has 1 aromatic heterocycles. The molecule has 0 saturated carbocycles. The number of nitrogens with zero attached hydrogens (tertiary/aromatic N) is 3. The van der Waals surface area contributed by atoms with Crippen molar-refractivity contribution in [2.24, 2.45) is 10.8 Å². The average Bonchev–Trinajstić information content (AvgIpc) is 3.13. The van der Waals surface area contributed by atoms with Gasteiger partial charge in [0.1, 0.15) is 5.60 Å². The third kappa shape index (κ3) is 3.58. The molecule has 1 aromatic carbocycles. The number of benzene rings is 1. The van der Waals surface area contributed by atoms with Gasteiger partial charge in [0.15, 0.2) is 0 Å². The predicted molar refractivity (Wildman–Crippen MR) is 133 cm³/mol. The van der Waals surface area contributed by atoms with Crippen LogP contribution in [0.15, 0.2) is 42.7 Å². The molecule has 5 rings (SSSR count). The number of carbonyl (C=O) groups is 1. The molecule has 3 saturated heterocycles. The van der Waals surface area contributed by atoms with Crippen LogP contribution in [0.2, 0.25) is 0 Å². The minimum absolute atomic E-state index is 0.175. The molecule has 34 heavy (non-hydrogen) atoms. The van der Waals surface area contributed by atoms with E-state index in [9.17, 15) is 9.90 Å². The van der Waals surface area contributed by atoms with Gasteiger partial charge in [-0.2, -0.15) is 0 Å². The van der Waals surface area contributed by atoms with Crippen LogP contribution < -0.4 is 4.90 Å². The minimum Gasteiger partial charge on any atom is -0.381 e. The normalized spacial score (nSPS) is 23.8. The molecule has 3 fully saturated rings. The van der Waals surface area contributed by atoms with Crippen molar-refractivity contribution in [3.8, 4) is 0 Å². The molecule has 4 heterocycles. The molecule has 3 aliphatic heterocycles. The largest absolute Gasteiger partial charge is 0.381 e. The summed E-state index contributed by atoms with van der Waals surface area (Å²) >= 11 is 0.